The smallest absolute Gasteiger partial charge is 0.174 e. The number of pyridine rings is 1. The van der Waals surface area contributed by atoms with Gasteiger partial charge in [0, 0.05) is 6.54 Å². The zero-order valence-electron chi connectivity index (χ0n) is 9.31. The molecule has 2 heterocycles. The van der Waals surface area contributed by atoms with Crippen LogP contribution in [0.2, 0.25) is 0 Å². The third-order valence-corrected chi connectivity index (χ3v) is 2.41. The highest BCUT2D eigenvalue weighted by Crippen LogP contribution is 2.17. The van der Waals surface area contributed by atoms with E-state index < -0.39 is 0 Å². The third-order valence-electron chi connectivity index (χ3n) is 2.41. The van der Waals surface area contributed by atoms with E-state index in [1.54, 1.807) is 13.3 Å². The summed E-state index contributed by atoms with van der Waals surface area (Å²) >= 11 is 0. The number of aliphatic imine (C=N–C) groups is 1. The summed E-state index contributed by atoms with van der Waals surface area (Å²) in [7, 11) is 1.57. The number of rotatable bonds is 3. The summed E-state index contributed by atoms with van der Waals surface area (Å²) in [5, 5.41) is 3.32. The molecule has 0 saturated carbocycles. The molecule has 1 aromatic heterocycles. The van der Waals surface area contributed by atoms with E-state index in [1.165, 1.54) is 12.0 Å². The minimum Gasteiger partial charge on any atom is -0.486 e. The van der Waals surface area contributed by atoms with E-state index in [1.807, 2.05) is 12.1 Å². The molecule has 0 unspecified atom stereocenters. The van der Waals surface area contributed by atoms with Gasteiger partial charge in [0.05, 0.1) is 24.7 Å². The fourth-order valence-electron chi connectivity index (χ4n) is 1.60. The van der Waals surface area contributed by atoms with Crippen molar-refractivity contribution in [1.29, 1.82) is 0 Å². The molecule has 1 aliphatic rings. The molecule has 0 spiro atoms. The Morgan fingerprint density at radius 2 is 2.44 bits per heavy atom. The molecule has 0 aromatic carbocycles. The van der Waals surface area contributed by atoms with E-state index in [4.69, 9.17) is 4.74 Å². The highest BCUT2D eigenvalue weighted by molar-refractivity contribution is 5.66. The first kappa shape index (κ1) is 10.8. The number of hydrogen-bond acceptors (Lipinski definition) is 4. The second-order valence-corrected chi connectivity index (χ2v) is 3.57. The van der Waals surface area contributed by atoms with E-state index in [-0.39, 0.29) is 0 Å². The SMILES string of the molecule is COC=Nc1ccc(C2=CCCNC2)nc1. The van der Waals surface area contributed by atoms with E-state index in [0.717, 1.165) is 30.9 Å². The predicted octanol–water partition coefficient (Wildman–Crippen LogP) is 1.76. The maximum atomic E-state index is 4.75. The molecular weight excluding hydrogens is 202 g/mol. The van der Waals surface area contributed by atoms with Gasteiger partial charge in [-0.25, -0.2) is 4.99 Å². The maximum Gasteiger partial charge on any atom is 0.174 e. The summed E-state index contributed by atoms with van der Waals surface area (Å²) in [4.78, 5) is 8.44. The summed E-state index contributed by atoms with van der Waals surface area (Å²) in [5.41, 5.74) is 3.08. The Morgan fingerprint density at radius 3 is 3.06 bits per heavy atom. The Kier molecular flexibility index (Phi) is 3.66. The highest BCUT2D eigenvalue weighted by atomic mass is 16.5. The highest BCUT2D eigenvalue weighted by Gasteiger charge is 2.06. The van der Waals surface area contributed by atoms with Crippen LogP contribution in [-0.2, 0) is 4.74 Å². The van der Waals surface area contributed by atoms with Gasteiger partial charge in [0.1, 0.15) is 0 Å². The van der Waals surface area contributed by atoms with Crippen molar-refractivity contribution in [1.82, 2.24) is 10.3 Å². The molecule has 2 rings (SSSR count). The normalized spacial score (nSPS) is 16.2. The first-order chi connectivity index (χ1) is 7.90. The average molecular weight is 217 g/mol. The van der Waals surface area contributed by atoms with Crippen molar-refractivity contribution in [2.24, 2.45) is 4.99 Å². The van der Waals surface area contributed by atoms with Crippen LogP contribution < -0.4 is 5.32 Å². The van der Waals surface area contributed by atoms with Crippen molar-refractivity contribution in [2.45, 2.75) is 6.42 Å². The molecule has 1 N–H and O–H groups in total. The summed E-state index contributed by atoms with van der Waals surface area (Å²) in [6.45, 7) is 1.95. The number of ether oxygens (including phenoxy) is 1. The zero-order chi connectivity index (χ0) is 11.2. The molecule has 4 nitrogen and oxygen atoms in total. The van der Waals surface area contributed by atoms with Crippen LogP contribution in [0.1, 0.15) is 12.1 Å². The summed E-state index contributed by atoms with van der Waals surface area (Å²) in [6.07, 6.45) is 6.45. The van der Waals surface area contributed by atoms with Gasteiger partial charge in [0.2, 0.25) is 0 Å². The molecule has 84 valence electrons. The largest absolute Gasteiger partial charge is 0.486 e. The van der Waals surface area contributed by atoms with Crippen LogP contribution >= 0.6 is 0 Å². The zero-order valence-corrected chi connectivity index (χ0v) is 9.31. The van der Waals surface area contributed by atoms with Crippen LogP contribution in [0.5, 0.6) is 0 Å². The van der Waals surface area contributed by atoms with Crippen LogP contribution in [0.15, 0.2) is 29.4 Å². The first-order valence-corrected chi connectivity index (χ1v) is 5.31. The number of aromatic nitrogens is 1. The van der Waals surface area contributed by atoms with Crippen molar-refractivity contribution in [3.63, 3.8) is 0 Å². The maximum absolute atomic E-state index is 4.75. The lowest BCUT2D eigenvalue weighted by atomic mass is 10.1. The third kappa shape index (κ3) is 2.67. The van der Waals surface area contributed by atoms with Gasteiger partial charge in [-0.2, -0.15) is 0 Å². The quantitative estimate of drug-likeness (QED) is 0.620. The predicted molar refractivity (Wildman–Crippen MR) is 64.9 cm³/mol. The van der Waals surface area contributed by atoms with Gasteiger partial charge in [0.15, 0.2) is 6.40 Å². The first-order valence-electron chi connectivity index (χ1n) is 5.31. The van der Waals surface area contributed by atoms with Gasteiger partial charge in [0.25, 0.3) is 0 Å². The van der Waals surface area contributed by atoms with Crippen molar-refractivity contribution >= 4 is 17.7 Å². The van der Waals surface area contributed by atoms with Gasteiger partial charge in [-0.3, -0.25) is 4.98 Å². The van der Waals surface area contributed by atoms with E-state index in [9.17, 15) is 0 Å². The lowest BCUT2D eigenvalue weighted by Gasteiger charge is -2.13. The van der Waals surface area contributed by atoms with Gasteiger partial charge >= 0.3 is 0 Å². The minimum absolute atomic E-state index is 0.801. The molecule has 0 radical (unpaired) electrons. The molecule has 0 bridgehead atoms. The molecule has 0 saturated heterocycles. The molecule has 1 aromatic rings. The van der Waals surface area contributed by atoms with E-state index in [0.29, 0.717) is 0 Å². The summed E-state index contributed by atoms with van der Waals surface area (Å²) in [6, 6.07) is 3.93. The molecule has 1 aliphatic heterocycles. The fourth-order valence-corrected chi connectivity index (χ4v) is 1.60. The molecule has 0 aliphatic carbocycles. The Hall–Kier alpha value is -1.68. The number of methoxy groups -OCH3 is 1. The molecule has 0 fully saturated rings. The van der Waals surface area contributed by atoms with Gasteiger partial charge < -0.3 is 10.1 Å². The number of nitrogens with zero attached hydrogens (tertiary/aromatic N) is 2. The van der Waals surface area contributed by atoms with Gasteiger partial charge in [-0.1, -0.05) is 6.08 Å². The average Bonchev–Trinajstić information content (AvgIpc) is 2.38. The Bertz CT molecular complexity index is 395. The van der Waals surface area contributed by atoms with E-state index in [2.05, 4.69) is 21.4 Å². The Balaban J connectivity index is 2.12. The summed E-state index contributed by atoms with van der Waals surface area (Å²) < 4.78 is 4.75. The van der Waals surface area contributed by atoms with Crippen molar-refractivity contribution in [3.05, 3.63) is 30.1 Å². The Morgan fingerprint density at radius 1 is 1.50 bits per heavy atom. The van der Waals surface area contributed by atoms with Crippen LogP contribution in [0.4, 0.5) is 5.69 Å². The van der Waals surface area contributed by atoms with Crippen molar-refractivity contribution in [2.75, 3.05) is 20.2 Å². The second kappa shape index (κ2) is 5.42. The molecule has 0 amide bonds. The topological polar surface area (TPSA) is 46.5 Å². The van der Waals surface area contributed by atoms with Crippen LogP contribution in [0, 0.1) is 0 Å². The van der Waals surface area contributed by atoms with Gasteiger partial charge in [-0.05, 0) is 30.7 Å². The number of nitrogens with one attached hydrogen (secondary N) is 1. The van der Waals surface area contributed by atoms with Crippen LogP contribution in [0.25, 0.3) is 5.57 Å². The molecule has 16 heavy (non-hydrogen) atoms. The fraction of sp³-hybridized carbons (Fsp3) is 0.333. The van der Waals surface area contributed by atoms with Crippen molar-refractivity contribution in [3.8, 4) is 0 Å². The molecular formula is C12H15N3O. The monoisotopic (exact) mass is 217 g/mol. The summed E-state index contributed by atoms with van der Waals surface area (Å²) in [5.74, 6) is 0. The molecule has 4 heteroatoms. The van der Waals surface area contributed by atoms with Gasteiger partial charge in [-0.15, -0.1) is 0 Å². The lowest BCUT2D eigenvalue weighted by molar-refractivity contribution is 0.423. The van der Waals surface area contributed by atoms with Crippen molar-refractivity contribution < 1.29 is 4.74 Å². The lowest BCUT2D eigenvalue weighted by Crippen LogP contribution is -2.21. The van der Waals surface area contributed by atoms with Crippen LogP contribution in [-0.4, -0.2) is 31.6 Å². The number of hydrogen-bond donors (Lipinski definition) is 1. The molecule has 0 atom stereocenters. The standard InChI is InChI=1S/C12H15N3O/c1-16-9-15-11-4-5-12(14-8-11)10-3-2-6-13-7-10/h3-5,8-9,13H,2,6-7H2,1H3. The van der Waals surface area contributed by atoms with Crippen LogP contribution in [0.3, 0.4) is 0 Å². The minimum atomic E-state index is 0.801. The second-order valence-electron chi connectivity index (χ2n) is 3.57. The van der Waals surface area contributed by atoms with E-state index >= 15 is 0 Å². The Labute approximate surface area is 95.1 Å².